The second-order valence-electron chi connectivity index (χ2n) is 13.1. The number of likely N-dealkylation sites (tertiary alicyclic amines) is 1. The summed E-state index contributed by atoms with van der Waals surface area (Å²) < 4.78 is 6.85. The molecule has 1 unspecified atom stereocenters. The van der Waals surface area contributed by atoms with Crippen LogP contribution in [0, 0.1) is 22.7 Å². The topological polar surface area (TPSA) is 142 Å². The number of nitrogens with one attached hydrogen (secondary N) is 1. The number of halogens is 1. The van der Waals surface area contributed by atoms with Crippen LogP contribution >= 0.6 is 11.6 Å². The number of hydrogen-bond acceptors (Lipinski definition) is 11. The molecule has 3 fully saturated rings. The SMILES string of the molecule is COc1ccc(CN(c2nc(Nc3cc(C#N)cc(N4CCC(N(C)C5CC(=O)N(C)C5)CC4)c3Cl)nn3c(C#N)cnc23)C2CC2)cc1. The minimum atomic E-state index is 0.194. The van der Waals surface area contributed by atoms with Gasteiger partial charge in [-0.25, -0.2) is 4.98 Å². The molecule has 1 atom stereocenters. The Labute approximate surface area is 290 Å². The van der Waals surface area contributed by atoms with Crippen LogP contribution in [0.4, 0.5) is 23.1 Å². The summed E-state index contributed by atoms with van der Waals surface area (Å²) in [5, 5.41) is 28.3. The number of carbonyl (C=O) groups excluding carboxylic acids is 1. The molecule has 2 aromatic heterocycles. The van der Waals surface area contributed by atoms with Crippen LogP contribution in [0.3, 0.4) is 0 Å². The summed E-state index contributed by atoms with van der Waals surface area (Å²) in [5.41, 5.74) is 3.57. The summed E-state index contributed by atoms with van der Waals surface area (Å²) in [4.78, 5) is 30.2. The maximum absolute atomic E-state index is 12.1. The van der Waals surface area contributed by atoms with Crippen molar-refractivity contribution in [3.05, 3.63) is 64.4 Å². The number of piperidine rings is 1. The second-order valence-corrected chi connectivity index (χ2v) is 13.4. The van der Waals surface area contributed by atoms with Crippen molar-refractivity contribution in [2.45, 2.75) is 56.8 Å². The summed E-state index contributed by atoms with van der Waals surface area (Å²) in [5.74, 6) is 1.81. The van der Waals surface area contributed by atoms with E-state index in [0.717, 1.165) is 62.3 Å². The Morgan fingerprint density at radius 3 is 2.45 bits per heavy atom. The van der Waals surface area contributed by atoms with Gasteiger partial charge in [-0.15, -0.1) is 5.10 Å². The number of carbonyl (C=O) groups is 1. The molecular weight excluding hydrogens is 642 g/mol. The fraction of sp³-hybridized carbons (Fsp3) is 0.429. The molecule has 3 aliphatic rings. The van der Waals surface area contributed by atoms with E-state index >= 15 is 0 Å². The summed E-state index contributed by atoms with van der Waals surface area (Å²) in [7, 11) is 5.63. The molecule has 2 aliphatic heterocycles. The maximum Gasteiger partial charge on any atom is 0.247 e. The van der Waals surface area contributed by atoms with Crippen LogP contribution in [-0.2, 0) is 11.3 Å². The number of nitriles is 2. The number of ether oxygens (including phenoxy) is 1. The fourth-order valence-corrected chi connectivity index (χ4v) is 7.20. The van der Waals surface area contributed by atoms with Crippen molar-refractivity contribution in [1.82, 2.24) is 29.4 Å². The fourth-order valence-electron chi connectivity index (χ4n) is 6.92. The van der Waals surface area contributed by atoms with Gasteiger partial charge in [-0.1, -0.05) is 23.7 Å². The summed E-state index contributed by atoms with van der Waals surface area (Å²) in [6, 6.07) is 16.8. The number of likely N-dealkylation sites (N-methyl/N-ethyl adjacent to an activating group) is 2. The van der Waals surface area contributed by atoms with Gasteiger partial charge in [0.1, 0.15) is 11.8 Å². The highest BCUT2D eigenvalue weighted by atomic mass is 35.5. The van der Waals surface area contributed by atoms with E-state index in [0.29, 0.717) is 46.7 Å². The van der Waals surface area contributed by atoms with Crippen LogP contribution in [0.5, 0.6) is 5.75 Å². The van der Waals surface area contributed by atoms with E-state index in [1.807, 2.05) is 37.4 Å². The van der Waals surface area contributed by atoms with Crippen molar-refractivity contribution >= 4 is 46.3 Å². The summed E-state index contributed by atoms with van der Waals surface area (Å²) in [6.07, 6.45) is 5.91. The van der Waals surface area contributed by atoms with E-state index in [1.54, 1.807) is 18.1 Å². The summed E-state index contributed by atoms with van der Waals surface area (Å²) in [6.45, 7) is 2.86. The molecule has 49 heavy (non-hydrogen) atoms. The molecule has 4 heterocycles. The number of amides is 1. The lowest BCUT2D eigenvalue weighted by Crippen LogP contribution is -2.48. The van der Waals surface area contributed by atoms with Crippen LogP contribution in [0.15, 0.2) is 42.6 Å². The molecular formula is C35H38ClN11O2. The molecule has 252 valence electrons. The highest BCUT2D eigenvalue weighted by Crippen LogP contribution is 2.39. The molecule has 0 bridgehead atoms. The lowest BCUT2D eigenvalue weighted by atomic mass is 10.0. The van der Waals surface area contributed by atoms with Gasteiger partial charge >= 0.3 is 0 Å². The quantitative estimate of drug-likeness (QED) is 0.252. The van der Waals surface area contributed by atoms with Crippen LogP contribution in [0.25, 0.3) is 5.65 Å². The molecule has 1 saturated carbocycles. The largest absolute Gasteiger partial charge is 0.497 e. The van der Waals surface area contributed by atoms with Crippen molar-refractivity contribution in [2.75, 3.05) is 56.0 Å². The van der Waals surface area contributed by atoms with Gasteiger partial charge in [-0.3, -0.25) is 9.69 Å². The number of fused-ring (bicyclic) bond motifs is 1. The zero-order valence-corrected chi connectivity index (χ0v) is 28.6. The number of rotatable bonds is 10. The van der Waals surface area contributed by atoms with Crippen molar-refractivity contribution < 1.29 is 9.53 Å². The predicted octanol–water partition coefficient (Wildman–Crippen LogP) is 4.57. The second kappa shape index (κ2) is 13.4. The lowest BCUT2D eigenvalue weighted by Gasteiger charge is -2.40. The lowest BCUT2D eigenvalue weighted by molar-refractivity contribution is -0.126. The number of benzene rings is 2. The normalized spacial score (nSPS) is 18.2. The molecule has 7 rings (SSSR count). The van der Waals surface area contributed by atoms with Gasteiger partial charge in [0.05, 0.1) is 41.3 Å². The molecule has 0 spiro atoms. The van der Waals surface area contributed by atoms with Gasteiger partial charge in [0.15, 0.2) is 17.2 Å². The Morgan fingerprint density at radius 2 is 1.82 bits per heavy atom. The third-order valence-electron chi connectivity index (χ3n) is 9.94. The predicted molar refractivity (Wildman–Crippen MR) is 186 cm³/mol. The number of anilines is 4. The third kappa shape index (κ3) is 6.52. The molecule has 4 aromatic rings. The minimum absolute atomic E-state index is 0.194. The van der Waals surface area contributed by atoms with E-state index in [2.05, 4.69) is 49.3 Å². The van der Waals surface area contributed by atoms with Gasteiger partial charge in [0.25, 0.3) is 0 Å². The number of imidazole rings is 1. The molecule has 1 N–H and O–H groups in total. The molecule has 13 nitrogen and oxygen atoms in total. The van der Waals surface area contributed by atoms with Crippen molar-refractivity contribution in [2.24, 2.45) is 0 Å². The zero-order chi connectivity index (χ0) is 34.2. The molecule has 1 amide bonds. The highest BCUT2D eigenvalue weighted by molar-refractivity contribution is 6.36. The smallest absolute Gasteiger partial charge is 0.247 e. The Hall–Kier alpha value is -5.11. The standard InChI is InChI=1S/C35H38ClN11O2/c1-43-21-26(16-31(43)48)44(2)24-10-12-45(13-11-24)30-15-23(17-37)14-29(32(30)36)40-35-41-34(33-39-19-27(18-38)47(33)42-35)46(25-6-7-25)20-22-4-8-28(49-3)9-5-22/h4-5,8-9,14-15,19,24-26H,6-7,10-13,16,20-21H2,1-3H3,(H,40,42). The first-order valence-corrected chi connectivity index (χ1v) is 16.9. The first-order chi connectivity index (χ1) is 23.8. The Bertz CT molecular complexity index is 1960. The highest BCUT2D eigenvalue weighted by Gasteiger charge is 2.35. The Kier molecular flexibility index (Phi) is 8.88. The molecule has 2 saturated heterocycles. The van der Waals surface area contributed by atoms with Gasteiger partial charge < -0.3 is 24.8 Å². The van der Waals surface area contributed by atoms with E-state index in [-0.39, 0.29) is 29.6 Å². The van der Waals surface area contributed by atoms with Gasteiger partial charge in [-0.2, -0.15) is 20.0 Å². The van der Waals surface area contributed by atoms with Crippen LogP contribution in [-0.4, -0.2) is 94.3 Å². The van der Waals surface area contributed by atoms with Crippen molar-refractivity contribution in [3.63, 3.8) is 0 Å². The van der Waals surface area contributed by atoms with Crippen LogP contribution in [0.1, 0.15) is 48.9 Å². The number of hydrogen-bond donors (Lipinski definition) is 1. The van der Waals surface area contributed by atoms with Gasteiger partial charge in [0, 0.05) is 57.8 Å². The molecule has 2 aromatic carbocycles. The van der Waals surface area contributed by atoms with Crippen molar-refractivity contribution in [1.29, 1.82) is 10.5 Å². The Morgan fingerprint density at radius 1 is 1.06 bits per heavy atom. The monoisotopic (exact) mass is 679 g/mol. The van der Waals surface area contributed by atoms with E-state index in [4.69, 9.17) is 21.3 Å². The van der Waals surface area contributed by atoms with E-state index in [9.17, 15) is 15.3 Å². The first-order valence-electron chi connectivity index (χ1n) is 16.5. The minimum Gasteiger partial charge on any atom is -0.497 e. The average molecular weight is 680 g/mol. The van der Waals surface area contributed by atoms with Gasteiger partial charge in [-0.05, 0) is 62.6 Å². The molecule has 14 heteroatoms. The van der Waals surface area contributed by atoms with Crippen LogP contribution in [0.2, 0.25) is 5.02 Å². The number of methoxy groups -OCH3 is 1. The molecule has 1 aliphatic carbocycles. The zero-order valence-electron chi connectivity index (χ0n) is 27.8. The number of aromatic nitrogens is 4. The average Bonchev–Trinajstić information content (AvgIpc) is 3.80. The maximum atomic E-state index is 12.1. The van der Waals surface area contributed by atoms with Crippen LogP contribution < -0.4 is 19.9 Å². The van der Waals surface area contributed by atoms with Gasteiger partial charge in [0.2, 0.25) is 11.9 Å². The summed E-state index contributed by atoms with van der Waals surface area (Å²) >= 11 is 7.09. The first kappa shape index (κ1) is 32.4. The molecule has 0 radical (unpaired) electrons. The van der Waals surface area contributed by atoms with E-state index in [1.165, 1.54) is 10.7 Å². The van der Waals surface area contributed by atoms with E-state index < -0.39 is 0 Å². The Balaban J connectivity index is 1.16. The number of nitrogens with zero attached hydrogens (tertiary/aromatic N) is 10. The van der Waals surface area contributed by atoms with Crippen molar-refractivity contribution in [3.8, 4) is 17.9 Å². The third-order valence-corrected chi connectivity index (χ3v) is 10.3.